The zero-order valence-electron chi connectivity index (χ0n) is 16.3. The Kier molecular flexibility index (Phi) is 6.36. The van der Waals surface area contributed by atoms with Crippen LogP contribution in [-0.2, 0) is 19.1 Å². The molecule has 9 heteroatoms. The number of aliphatic imine (C=N–C) groups is 1. The van der Waals surface area contributed by atoms with Crippen LogP contribution < -0.4 is 5.32 Å². The highest BCUT2D eigenvalue weighted by molar-refractivity contribution is 5.79. The summed E-state index contributed by atoms with van der Waals surface area (Å²) in [5.74, 6) is 1.58. The first-order valence-electron chi connectivity index (χ1n) is 9.25. The molecule has 29 heavy (non-hydrogen) atoms. The van der Waals surface area contributed by atoms with E-state index in [4.69, 9.17) is 0 Å². The largest absolute Gasteiger partial charge is 0.416 e. The van der Waals surface area contributed by atoms with E-state index in [1.807, 2.05) is 40.7 Å². The van der Waals surface area contributed by atoms with Crippen LogP contribution in [0.3, 0.4) is 0 Å². The molecule has 0 spiro atoms. The Morgan fingerprint density at radius 1 is 1.14 bits per heavy atom. The lowest BCUT2D eigenvalue weighted by molar-refractivity contribution is -0.137. The van der Waals surface area contributed by atoms with Crippen molar-refractivity contribution in [2.24, 2.45) is 4.99 Å². The monoisotopic (exact) mass is 404 g/mol. The van der Waals surface area contributed by atoms with Crippen molar-refractivity contribution in [2.45, 2.75) is 25.6 Å². The van der Waals surface area contributed by atoms with Gasteiger partial charge in [0.2, 0.25) is 0 Å². The van der Waals surface area contributed by atoms with Gasteiger partial charge < -0.3 is 10.2 Å². The molecule has 0 radical (unpaired) electrons. The number of pyridine rings is 1. The Labute approximate surface area is 167 Å². The average molecular weight is 404 g/mol. The molecule has 0 aliphatic carbocycles. The predicted octanol–water partition coefficient (Wildman–Crippen LogP) is 3.39. The molecule has 0 aliphatic heterocycles. The number of rotatable bonds is 6. The van der Waals surface area contributed by atoms with Crippen LogP contribution in [0, 0.1) is 0 Å². The standard InChI is InChI=1S/C20H23F3N6/c1-24-19(28(2)14-15-8-10-16(11-9-15)20(21,22)23)25-12-5-7-18-27-26-17-6-3-4-13-29(17)18/h3-4,6,8-11,13H,5,7,12,14H2,1-2H3,(H,24,25). The average Bonchev–Trinajstić information content (AvgIpc) is 3.11. The van der Waals surface area contributed by atoms with Gasteiger partial charge in [0, 0.05) is 39.8 Å². The van der Waals surface area contributed by atoms with Crippen LogP contribution in [0.4, 0.5) is 13.2 Å². The first kappa shape index (κ1) is 20.6. The van der Waals surface area contributed by atoms with Crippen molar-refractivity contribution in [3.63, 3.8) is 0 Å². The van der Waals surface area contributed by atoms with Crippen molar-refractivity contribution in [3.05, 3.63) is 65.6 Å². The van der Waals surface area contributed by atoms with E-state index in [0.717, 1.165) is 42.0 Å². The Morgan fingerprint density at radius 2 is 1.90 bits per heavy atom. The van der Waals surface area contributed by atoms with Gasteiger partial charge in [-0.3, -0.25) is 9.39 Å². The zero-order valence-corrected chi connectivity index (χ0v) is 16.3. The Balaban J connectivity index is 1.49. The third-order valence-corrected chi connectivity index (χ3v) is 4.52. The van der Waals surface area contributed by atoms with E-state index in [-0.39, 0.29) is 0 Å². The molecule has 0 atom stereocenters. The molecular weight excluding hydrogens is 381 g/mol. The smallest absolute Gasteiger partial charge is 0.356 e. The summed E-state index contributed by atoms with van der Waals surface area (Å²) in [5, 5.41) is 11.6. The second kappa shape index (κ2) is 8.93. The minimum atomic E-state index is -4.32. The molecule has 3 aromatic rings. The maximum absolute atomic E-state index is 12.7. The quantitative estimate of drug-likeness (QED) is 0.389. The summed E-state index contributed by atoms with van der Waals surface area (Å²) in [6.45, 7) is 1.14. The molecule has 6 nitrogen and oxygen atoms in total. The van der Waals surface area contributed by atoms with E-state index in [0.29, 0.717) is 19.0 Å². The van der Waals surface area contributed by atoms with E-state index in [9.17, 15) is 13.2 Å². The van der Waals surface area contributed by atoms with Crippen LogP contribution in [0.15, 0.2) is 53.7 Å². The molecule has 0 fully saturated rings. The third kappa shape index (κ3) is 5.24. The van der Waals surface area contributed by atoms with Crippen LogP contribution in [-0.4, -0.2) is 46.1 Å². The number of nitrogens with zero attached hydrogens (tertiary/aromatic N) is 5. The summed E-state index contributed by atoms with van der Waals surface area (Å²) in [4.78, 5) is 6.11. The summed E-state index contributed by atoms with van der Waals surface area (Å²) < 4.78 is 40.0. The first-order chi connectivity index (χ1) is 13.9. The minimum absolute atomic E-state index is 0.451. The molecular formula is C20H23F3N6. The molecule has 0 saturated carbocycles. The fourth-order valence-corrected chi connectivity index (χ4v) is 3.04. The lowest BCUT2D eigenvalue weighted by Gasteiger charge is -2.22. The molecule has 1 N–H and O–H groups in total. The number of alkyl halides is 3. The number of benzene rings is 1. The number of fused-ring (bicyclic) bond motifs is 1. The molecule has 0 amide bonds. The molecule has 1 aromatic carbocycles. The number of nitrogens with one attached hydrogen (secondary N) is 1. The molecule has 3 rings (SSSR count). The SMILES string of the molecule is CN=C(NCCCc1nnc2ccccn12)N(C)Cc1ccc(C(F)(F)F)cc1. The van der Waals surface area contributed by atoms with Gasteiger partial charge in [0.05, 0.1) is 5.56 Å². The fraction of sp³-hybridized carbons (Fsp3) is 0.350. The molecule has 0 aliphatic rings. The first-order valence-corrected chi connectivity index (χ1v) is 9.25. The van der Waals surface area contributed by atoms with Crippen LogP contribution in [0.2, 0.25) is 0 Å². The van der Waals surface area contributed by atoms with Gasteiger partial charge in [-0.1, -0.05) is 18.2 Å². The highest BCUT2D eigenvalue weighted by Crippen LogP contribution is 2.29. The summed E-state index contributed by atoms with van der Waals surface area (Å²) in [7, 11) is 3.52. The van der Waals surface area contributed by atoms with E-state index in [1.165, 1.54) is 12.1 Å². The predicted molar refractivity (Wildman–Crippen MR) is 106 cm³/mol. The van der Waals surface area contributed by atoms with Crippen molar-refractivity contribution in [3.8, 4) is 0 Å². The van der Waals surface area contributed by atoms with Gasteiger partial charge in [-0.25, -0.2) is 0 Å². The van der Waals surface area contributed by atoms with E-state index in [2.05, 4.69) is 20.5 Å². The van der Waals surface area contributed by atoms with Crippen molar-refractivity contribution >= 4 is 11.6 Å². The number of aryl methyl sites for hydroxylation is 1. The van der Waals surface area contributed by atoms with Gasteiger partial charge >= 0.3 is 6.18 Å². The highest BCUT2D eigenvalue weighted by atomic mass is 19.4. The lowest BCUT2D eigenvalue weighted by Crippen LogP contribution is -2.39. The second-order valence-electron chi connectivity index (χ2n) is 6.67. The van der Waals surface area contributed by atoms with Gasteiger partial charge in [-0.15, -0.1) is 10.2 Å². The molecule has 0 unspecified atom stereocenters. The topological polar surface area (TPSA) is 57.8 Å². The Bertz CT molecular complexity index is 962. The third-order valence-electron chi connectivity index (χ3n) is 4.52. The van der Waals surface area contributed by atoms with E-state index < -0.39 is 11.7 Å². The summed E-state index contributed by atoms with van der Waals surface area (Å²) in [6.07, 6.45) is -0.785. The zero-order chi connectivity index (χ0) is 20.9. The maximum atomic E-state index is 12.7. The number of hydrogen-bond donors (Lipinski definition) is 1. The van der Waals surface area contributed by atoms with Crippen LogP contribution in [0.1, 0.15) is 23.4 Å². The van der Waals surface area contributed by atoms with Gasteiger partial charge in [-0.05, 0) is 36.2 Å². The van der Waals surface area contributed by atoms with Crippen LogP contribution in [0.25, 0.3) is 5.65 Å². The Hall–Kier alpha value is -3.10. The maximum Gasteiger partial charge on any atom is 0.416 e. The Morgan fingerprint density at radius 3 is 2.59 bits per heavy atom. The molecule has 0 saturated heterocycles. The normalized spacial score (nSPS) is 12.4. The summed E-state index contributed by atoms with van der Waals surface area (Å²) >= 11 is 0. The van der Waals surface area contributed by atoms with Gasteiger partial charge in [0.15, 0.2) is 11.6 Å². The van der Waals surface area contributed by atoms with Crippen LogP contribution >= 0.6 is 0 Å². The van der Waals surface area contributed by atoms with E-state index >= 15 is 0 Å². The van der Waals surface area contributed by atoms with Crippen molar-refractivity contribution in [2.75, 3.05) is 20.6 Å². The second-order valence-corrected chi connectivity index (χ2v) is 6.67. The fourth-order valence-electron chi connectivity index (χ4n) is 3.04. The van der Waals surface area contributed by atoms with Crippen molar-refractivity contribution < 1.29 is 13.2 Å². The summed E-state index contributed by atoms with van der Waals surface area (Å²) in [5.41, 5.74) is 0.952. The summed E-state index contributed by atoms with van der Waals surface area (Å²) in [6, 6.07) is 10.9. The van der Waals surface area contributed by atoms with Crippen molar-refractivity contribution in [1.29, 1.82) is 0 Å². The number of halogens is 3. The number of hydrogen-bond acceptors (Lipinski definition) is 3. The molecule has 0 bridgehead atoms. The van der Waals surface area contributed by atoms with Gasteiger partial charge in [0.1, 0.15) is 5.82 Å². The number of aromatic nitrogens is 3. The molecule has 2 heterocycles. The van der Waals surface area contributed by atoms with Crippen molar-refractivity contribution in [1.82, 2.24) is 24.8 Å². The van der Waals surface area contributed by atoms with Gasteiger partial charge in [-0.2, -0.15) is 13.2 Å². The number of guanidine groups is 1. The lowest BCUT2D eigenvalue weighted by atomic mass is 10.1. The van der Waals surface area contributed by atoms with E-state index in [1.54, 1.807) is 7.05 Å². The highest BCUT2D eigenvalue weighted by Gasteiger charge is 2.29. The minimum Gasteiger partial charge on any atom is -0.356 e. The molecule has 154 valence electrons. The van der Waals surface area contributed by atoms with Crippen LogP contribution in [0.5, 0.6) is 0 Å². The molecule has 2 aromatic heterocycles. The van der Waals surface area contributed by atoms with Gasteiger partial charge in [0.25, 0.3) is 0 Å².